The number of amides is 1. The third kappa shape index (κ3) is 4.81. The largest absolute Gasteiger partial charge is 0.488 e. The van der Waals surface area contributed by atoms with Gasteiger partial charge in [0.2, 0.25) is 5.91 Å². The van der Waals surface area contributed by atoms with Gasteiger partial charge in [-0.05, 0) is 53.3 Å². The minimum atomic E-state index is -1.38. The Bertz CT molecular complexity index is 799. The SMILES string of the molecule is C=CCOc1ccc(/C=C(/C)C(=O)N[C@@H]2[C@H](O)[C@@H](O)[C@H]3OCO[C@H]3[C@@H]2O)cc1I. The number of nitrogens with one attached hydrogen (secondary N) is 1. The number of benzene rings is 1. The molecule has 0 aromatic heterocycles. The quantitative estimate of drug-likeness (QED) is 0.248. The smallest absolute Gasteiger partial charge is 0.247 e. The van der Waals surface area contributed by atoms with E-state index in [1.165, 1.54) is 0 Å². The van der Waals surface area contributed by atoms with Crippen LogP contribution in [-0.4, -0.2) is 71.2 Å². The number of ether oxygens (including phenoxy) is 3. The number of hydrogen-bond donors (Lipinski definition) is 4. The molecular formula is C20H24INO7. The summed E-state index contributed by atoms with van der Waals surface area (Å²) >= 11 is 2.15. The second kappa shape index (κ2) is 9.54. The highest BCUT2D eigenvalue weighted by Crippen LogP contribution is 2.30. The molecule has 0 bridgehead atoms. The van der Waals surface area contributed by atoms with Crippen LogP contribution in [0.4, 0.5) is 0 Å². The van der Waals surface area contributed by atoms with Crippen molar-refractivity contribution in [3.63, 3.8) is 0 Å². The molecule has 0 unspecified atom stereocenters. The molecule has 4 N–H and O–H groups in total. The maximum Gasteiger partial charge on any atom is 0.247 e. The molecule has 2 fully saturated rings. The van der Waals surface area contributed by atoms with Crippen LogP contribution < -0.4 is 10.1 Å². The summed E-state index contributed by atoms with van der Waals surface area (Å²) in [5.41, 5.74) is 1.17. The number of hydrogen-bond acceptors (Lipinski definition) is 7. The molecule has 0 radical (unpaired) electrons. The first-order valence-electron chi connectivity index (χ1n) is 9.13. The first-order valence-corrected chi connectivity index (χ1v) is 10.2. The molecule has 8 nitrogen and oxygen atoms in total. The van der Waals surface area contributed by atoms with E-state index in [2.05, 4.69) is 34.5 Å². The van der Waals surface area contributed by atoms with Crippen molar-refractivity contribution in [1.82, 2.24) is 5.32 Å². The molecule has 1 saturated heterocycles. The highest BCUT2D eigenvalue weighted by molar-refractivity contribution is 14.1. The minimum Gasteiger partial charge on any atom is -0.488 e. The Morgan fingerprint density at radius 3 is 2.62 bits per heavy atom. The van der Waals surface area contributed by atoms with Gasteiger partial charge in [0.25, 0.3) is 0 Å². The number of carbonyl (C=O) groups is 1. The van der Waals surface area contributed by atoms with Crippen LogP contribution in [0, 0.1) is 3.57 Å². The van der Waals surface area contributed by atoms with Crippen LogP contribution in [0.3, 0.4) is 0 Å². The fourth-order valence-corrected chi connectivity index (χ4v) is 4.10. The van der Waals surface area contributed by atoms with E-state index < -0.39 is 42.5 Å². The molecule has 1 aliphatic heterocycles. The van der Waals surface area contributed by atoms with Gasteiger partial charge in [-0.15, -0.1) is 0 Å². The predicted octanol–water partition coefficient (Wildman–Crippen LogP) is 0.582. The number of rotatable bonds is 6. The van der Waals surface area contributed by atoms with E-state index in [9.17, 15) is 20.1 Å². The van der Waals surface area contributed by atoms with Gasteiger partial charge >= 0.3 is 0 Å². The van der Waals surface area contributed by atoms with Crippen molar-refractivity contribution < 1.29 is 34.3 Å². The van der Waals surface area contributed by atoms with Crippen molar-refractivity contribution >= 4 is 34.6 Å². The lowest BCUT2D eigenvalue weighted by molar-refractivity contribution is -0.155. The number of halogens is 1. The molecule has 6 atom stereocenters. The van der Waals surface area contributed by atoms with Gasteiger partial charge in [-0.1, -0.05) is 18.7 Å². The topological polar surface area (TPSA) is 117 Å². The minimum absolute atomic E-state index is 0.0824. The molecule has 158 valence electrons. The van der Waals surface area contributed by atoms with E-state index in [-0.39, 0.29) is 6.79 Å². The number of carbonyl (C=O) groups excluding carboxylic acids is 1. The summed E-state index contributed by atoms with van der Waals surface area (Å²) in [5, 5.41) is 33.5. The molecular weight excluding hydrogens is 493 g/mol. The second-order valence-corrected chi connectivity index (χ2v) is 8.13. The average molecular weight is 517 g/mol. The maximum atomic E-state index is 12.6. The lowest BCUT2D eigenvalue weighted by Crippen LogP contribution is -2.67. The molecule has 1 saturated carbocycles. The van der Waals surface area contributed by atoms with Gasteiger partial charge in [-0.2, -0.15) is 0 Å². The Kier molecular flexibility index (Phi) is 7.30. The van der Waals surface area contributed by atoms with Crippen molar-refractivity contribution in [2.24, 2.45) is 0 Å². The highest BCUT2D eigenvalue weighted by Gasteiger charge is 2.53. The fourth-order valence-electron chi connectivity index (χ4n) is 3.41. The van der Waals surface area contributed by atoms with Crippen LogP contribution in [0.25, 0.3) is 6.08 Å². The average Bonchev–Trinajstić information content (AvgIpc) is 3.19. The van der Waals surface area contributed by atoms with Crippen LogP contribution >= 0.6 is 22.6 Å². The zero-order chi connectivity index (χ0) is 21.1. The highest BCUT2D eigenvalue weighted by atomic mass is 127. The number of aliphatic hydroxyl groups is 3. The Labute approximate surface area is 182 Å². The van der Waals surface area contributed by atoms with Crippen LogP contribution in [0.2, 0.25) is 0 Å². The third-order valence-electron chi connectivity index (χ3n) is 4.96. The van der Waals surface area contributed by atoms with Gasteiger partial charge in [-0.3, -0.25) is 4.79 Å². The lowest BCUT2D eigenvalue weighted by Gasteiger charge is -2.41. The summed E-state index contributed by atoms with van der Waals surface area (Å²) in [7, 11) is 0. The first kappa shape index (κ1) is 22.2. The van der Waals surface area contributed by atoms with Crippen molar-refractivity contribution in [3.8, 4) is 5.75 Å². The normalized spacial score (nSPS) is 31.8. The Morgan fingerprint density at radius 1 is 1.28 bits per heavy atom. The summed E-state index contributed by atoms with van der Waals surface area (Å²) in [4.78, 5) is 12.6. The van der Waals surface area contributed by atoms with Gasteiger partial charge in [0.15, 0.2) is 0 Å². The molecule has 2 aliphatic rings. The predicted molar refractivity (Wildman–Crippen MR) is 113 cm³/mol. The fraction of sp³-hybridized carbons (Fsp3) is 0.450. The van der Waals surface area contributed by atoms with E-state index in [0.717, 1.165) is 14.9 Å². The van der Waals surface area contributed by atoms with Crippen LogP contribution in [0.1, 0.15) is 12.5 Å². The molecule has 29 heavy (non-hydrogen) atoms. The summed E-state index contributed by atoms with van der Waals surface area (Å²) in [6.07, 6.45) is -2.16. The van der Waals surface area contributed by atoms with Gasteiger partial charge in [0, 0.05) is 5.57 Å². The Morgan fingerprint density at radius 2 is 1.97 bits per heavy atom. The molecule has 1 amide bonds. The zero-order valence-corrected chi connectivity index (χ0v) is 18.0. The number of aliphatic hydroxyl groups excluding tert-OH is 3. The van der Waals surface area contributed by atoms with Gasteiger partial charge in [0.05, 0.1) is 9.61 Å². The molecule has 1 heterocycles. The molecule has 0 spiro atoms. The van der Waals surface area contributed by atoms with Gasteiger partial charge in [0.1, 0.15) is 49.7 Å². The molecule has 1 aliphatic carbocycles. The summed E-state index contributed by atoms with van der Waals surface area (Å²) < 4.78 is 16.9. The van der Waals surface area contributed by atoms with E-state index in [1.807, 2.05) is 18.2 Å². The summed E-state index contributed by atoms with van der Waals surface area (Å²) in [6, 6.07) is 4.42. The van der Waals surface area contributed by atoms with E-state index >= 15 is 0 Å². The van der Waals surface area contributed by atoms with Gasteiger partial charge < -0.3 is 34.8 Å². The molecule has 3 rings (SSSR count). The van der Waals surface area contributed by atoms with Crippen LogP contribution in [0.15, 0.2) is 36.4 Å². The Hall–Kier alpha value is -1.50. The summed E-state index contributed by atoms with van der Waals surface area (Å²) in [6.45, 7) is 5.56. The lowest BCUT2D eigenvalue weighted by atomic mass is 9.83. The number of fused-ring (bicyclic) bond motifs is 1. The van der Waals surface area contributed by atoms with E-state index in [0.29, 0.717) is 12.2 Å². The molecule has 1 aromatic carbocycles. The maximum absolute atomic E-state index is 12.6. The van der Waals surface area contributed by atoms with Gasteiger partial charge in [-0.25, -0.2) is 0 Å². The standard InChI is InChI=1S/C20H24INO7/c1-3-6-27-13-5-4-11(8-12(13)21)7-10(2)20(26)22-14-15(23)17(25)19-18(16(14)24)28-9-29-19/h3-5,7-8,14-19,23-25H,1,6,9H2,2H3,(H,22,26)/b10-7-/t14-,15+,16-,17-,18+,19-/m1/s1. The first-order chi connectivity index (χ1) is 13.8. The summed E-state index contributed by atoms with van der Waals surface area (Å²) in [5.74, 6) is 0.250. The van der Waals surface area contributed by atoms with E-state index in [1.54, 1.807) is 19.1 Å². The zero-order valence-electron chi connectivity index (χ0n) is 15.8. The Balaban J connectivity index is 1.69. The molecule has 1 aromatic rings. The monoisotopic (exact) mass is 517 g/mol. The van der Waals surface area contributed by atoms with Crippen LogP contribution in [-0.2, 0) is 14.3 Å². The van der Waals surface area contributed by atoms with Crippen molar-refractivity contribution in [3.05, 3.63) is 45.6 Å². The van der Waals surface area contributed by atoms with Crippen molar-refractivity contribution in [1.29, 1.82) is 0 Å². The molecule has 9 heteroatoms. The van der Waals surface area contributed by atoms with Crippen LogP contribution in [0.5, 0.6) is 5.75 Å². The van der Waals surface area contributed by atoms with Crippen molar-refractivity contribution in [2.45, 2.75) is 43.5 Å². The van der Waals surface area contributed by atoms with E-state index in [4.69, 9.17) is 14.2 Å². The third-order valence-corrected chi connectivity index (χ3v) is 5.80. The second-order valence-electron chi connectivity index (χ2n) is 6.97. The van der Waals surface area contributed by atoms with Crippen molar-refractivity contribution in [2.75, 3.05) is 13.4 Å².